The quantitative estimate of drug-likeness (QED) is 0.176. The van der Waals surface area contributed by atoms with Crippen molar-refractivity contribution in [2.75, 3.05) is 0 Å². The fraction of sp³-hybridized carbons (Fsp3) is 0. The van der Waals surface area contributed by atoms with E-state index in [-0.39, 0.29) is 0 Å². The highest BCUT2D eigenvalue weighted by Crippen LogP contribution is 2.40. The van der Waals surface area contributed by atoms with Crippen molar-refractivity contribution in [2.45, 2.75) is 0 Å². The second kappa shape index (κ2) is 12.3. The summed E-state index contributed by atoms with van der Waals surface area (Å²) in [5.41, 5.74) is 11.6. The number of benzene rings is 8. The van der Waals surface area contributed by atoms with Crippen LogP contribution in [-0.2, 0) is 0 Å². The van der Waals surface area contributed by atoms with E-state index in [1.807, 2.05) is 72.8 Å². The van der Waals surface area contributed by atoms with Gasteiger partial charge in [-0.15, -0.1) is 0 Å². The summed E-state index contributed by atoms with van der Waals surface area (Å²) in [7, 11) is 0. The minimum Gasteiger partial charge on any atom is -0.456 e. The van der Waals surface area contributed by atoms with E-state index in [4.69, 9.17) is 23.8 Å². The maximum absolute atomic E-state index is 6.51. The van der Waals surface area contributed by atoms with E-state index in [1.54, 1.807) is 0 Å². The third kappa shape index (κ3) is 5.01. The maximum atomic E-state index is 6.51. The summed E-state index contributed by atoms with van der Waals surface area (Å²) >= 11 is 0. The van der Waals surface area contributed by atoms with Gasteiger partial charge in [-0.25, -0.2) is 15.0 Å². The minimum absolute atomic E-state index is 0.574. The number of furan rings is 2. The highest BCUT2D eigenvalue weighted by atomic mass is 16.3. The number of hydrogen-bond acceptors (Lipinski definition) is 5. The normalized spacial score (nSPS) is 11.9. The molecule has 6 heteroatoms. The lowest BCUT2D eigenvalue weighted by atomic mass is 9.99. The van der Waals surface area contributed by atoms with E-state index in [2.05, 4.69) is 114 Å². The van der Waals surface area contributed by atoms with Crippen LogP contribution in [0.3, 0.4) is 0 Å². The van der Waals surface area contributed by atoms with Gasteiger partial charge in [0.25, 0.3) is 0 Å². The van der Waals surface area contributed by atoms with Gasteiger partial charge in [0.2, 0.25) is 0 Å². The zero-order chi connectivity index (χ0) is 37.5. The largest absolute Gasteiger partial charge is 0.456 e. The van der Waals surface area contributed by atoms with E-state index in [0.717, 1.165) is 77.4 Å². The first-order chi connectivity index (χ1) is 28.2. The number of aromatic nitrogens is 4. The van der Waals surface area contributed by atoms with Gasteiger partial charge in [0, 0.05) is 54.7 Å². The van der Waals surface area contributed by atoms with E-state index in [9.17, 15) is 0 Å². The molecule has 12 aromatic rings. The average molecular weight is 731 g/mol. The van der Waals surface area contributed by atoms with Gasteiger partial charge in [-0.3, -0.25) is 0 Å². The standard InChI is InChI=1S/C51H30N4O2/c1-3-12-31(13-4-1)49-52-50(34-24-27-45-40(30-34)37-17-8-10-20-44(37)56-45)54-51(53-49)38-18-11-21-47-48(38)41-29-33(23-26-46(41)57-47)32-22-25-43-39(28-32)36-16-7-9-19-42(36)55(43)35-14-5-2-6-15-35/h1-30H. The van der Waals surface area contributed by atoms with Crippen molar-refractivity contribution >= 4 is 65.7 Å². The topological polar surface area (TPSA) is 69.9 Å². The predicted molar refractivity (Wildman–Crippen MR) is 230 cm³/mol. The van der Waals surface area contributed by atoms with Crippen LogP contribution in [0, 0.1) is 0 Å². The molecule has 0 N–H and O–H groups in total. The Hall–Kier alpha value is -7.83. The Morgan fingerprint density at radius 2 is 0.895 bits per heavy atom. The minimum atomic E-state index is 0.574. The molecule has 12 rings (SSSR count). The predicted octanol–water partition coefficient (Wildman–Crippen LogP) is 13.4. The lowest BCUT2D eigenvalue weighted by Crippen LogP contribution is -2.00. The van der Waals surface area contributed by atoms with Crippen LogP contribution in [0.5, 0.6) is 0 Å². The summed E-state index contributed by atoms with van der Waals surface area (Å²) in [6.45, 7) is 0. The van der Waals surface area contributed by atoms with Gasteiger partial charge < -0.3 is 13.4 Å². The molecule has 0 aliphatic carbocycles. The van der Waals surface area contributed by atoms with E-state index < -0.39 is 0 Å². The fourth-order valence-corrected chi connectivity index (χ4v) is 8.41. The Kier molecular flexibility index (Phi) is 6.83. The summed E-state index contributed by atoms with van der Waals surface area (Å²) in [6.07, 6.45) is 0. The van der Waals surface area contributed by atoms with Crippen LogP contribution in [0.2, 0.25) is 0 Å². The van der Waals surface area contributed by atoms with Gasteiger partial charge in [0.05, 0.1) is 11.0 Å². The van der Waals surface area contributed by atoms with Crippen molar-refractivity contribution in [3.63, 3.8) is 0 Å². The Morgan fingerprint density at radius 3 is 1.74 bits per heavy atom. The summed E-state index contributed by atoms with van der Waals surface area (Å²) in [4.78, 5) is 15.3. The first-order valence-corrected chi connectivity index (χ1v) is 19.0. The molecule has 6 nitrogen and oxygen atoms in total. The van der Waals surface area contributed by atoms with Gasteiger partial charge in [-0.05, 0) is 83.9 Å². The highest BCUT2D eigenvalue weighted by molar-refractivity contribution is 6.14. The SMILES string of the molecule is c1ccc(-c2nc(-c3ccc4oc5ccccc5c4c3)nc(-c3cccc4oc5ccc(-c6ccc7c(c6)c6ccccc6n7-c6ccccc6)cc5c34)n2)cc1. The Balaban J connectivity index is 1.04. The molecule has 8 aromatic carbocycles. The number of rotatable bonds is 5. The molecule has 0 bridgehead atoms. The van der Waals surface area contributed by atoms with Crippen LogP contribution >= 0.6 is 0 Å². The smallest absolute Gasteiger partial charge is 0.164 e. The molecule has 0 atom stereocenters. The first-order valence-electron chi connectivity index (χ1n) is 19.0. The summed E-state index contributed by atoms with van der Waals surface area (Å²) < 4.78 is 15.0. The van der Waals surface area contributed by atoms with Gasteiger partial charge in [0.1, 0.15) is 22.3 Å². The first kappa shape index (κ1) is 31.5. The molecule has 0 aliphatic heterocycles. The maximum Gasteiger partial charge on any atom is 0.164 e. The Morgan fingerprint density at radius 1 is 0.333 bits per heavy atom. The van der Waals surface area contributed by atoms with Crippen molar-refractivity contribution in [1.82, 2.24) is 19.5 Å². The molecule has 0 saturated heterocycles. The summed E-state index contributed by atoms with van der Waals surface area (Å²) in [5.74, 6) is 1.76. The van der Waals surface area contributed by atoms with Gasteiger partial charge in [0.15, 0.2) is 17.5 Å². The zero-order valence-corrected chi connectivity index (χ0v) is 30.4. The molecule has 0 unspecified atom stereocenters. The molecule has 0 aliphatic rings. The van der Waals surface area contributed by atoms with Gasteiger partial charge >= 0.3 is 0 Å². The van der Waals surface area contributed by atoms with Crippen LogP contribution in [0.25, 0.3) is 117 Å². The van der Waals surface area contributed by atoms with Crippen molar-refractivity contribution < 1.29 is 8.83 Å². The number of fused-ring (bicyclic) bond motifs is 9. The Bertz CT molecular complexity index is 3530. The van der Waals surface area contributed by atoms with Crippen molar-refractivity contribution in [3.8, 4) is 51.0 Å². The molecule has 0 amide bonds. The van der Waals surface area contributed by atoms with Gasteiger partial charge in [-0.1, -0.05) is 109 Å². The summed E-state index contributed by atoms with van der Waals surface area (Å²) in [5, 5.41) is 6.46. The molecule has 0 fully saturated rings. The number of para-hydroxylation sites is 3. The molecule has 4 aromatic heterocycles. The third-order valence-corrected chi connectivity index (χ3v) is 11.1. The van der Waals surface area contributed by atoms with Crippen molar-refractivity contribution in [3.05, 3.63) is 182 Å². The van der Waals surface area contributed by atoms with Crippen LogP contribution in [0.4, 0.5) is 0 Å². The van der Waals surface area contributed by atoms with Crippen molar-refractivity contribution in [1.29, 1.82) is 0 Å². The lowest BCUT2D eigenvalue weighted by Gasteiger charge is -2.10. The second-order valence-corrected chi connectivity index (χ2v) is 14.4. The molecule has 57 heavy (non-hydrogen) atoms. The number of nitrogens with zero attached hydrogens (tertiary/aromatic N) is 4. The van der Waals surface area contributed by atoms with Crippen LogP contribution in [-0.4, -0.2) is 19.5 Å². The van der Waals surface area contributed by atoms with Crippen LogP contribution < -0.4 is 0 Å². The van der Waals surface area contributed by atoms with Crippen LogP contribution in [0.1, 0.15) is 0 Å². The summed E-state index contributed by atoms with van der Waals surface area (Å²) in [6, 6.07) is 62.8. The fourth-order valence-electron chi connectivity index (χ4n) is 8.41. The number of hydrogen-bond donors (Lipinski definition) is 0. The molecule has 0 spiro atoms. The van der Waals surface area contributed by atoms with E-state index in [1.165, 1.54) is 21.8 Å². The average Bonchev–Trinajstić information content (AvgIpc) is 3.95. The van der Waals surface area contributed by atoms with E-state index >= 15 is 0 Å². The monoisotopic (exact) mass is 730 g/mol. The molecule has 0 saturated carbocycles. The molecular weight excluding hydrogens is 701 g/mol. The second-order valence-electron chi connectivity index (χ2n) is 14.4. The highest BCUT2D eigenvalue weighted by Gasteiger charge is 2.20. The zero-order valence-electron chi connectivity index (χ0n) is 30.4. The molecule has 4 heterocycles. The lowest BCUT2D eigenvalue weighted by molar-refractivity contribution is 0.668. The third-order valence-electron chi connectivity index (χ3n) is 11.1. The Labute approximate surface area is 325 Å². The van der Waals surface area contributed by atoms with Crippen molar-refractivity contribution in [2.24, 2.45) is 0 Å². The molecule has 266 valence electrons. The van der Waals surface area contributed by atoms with E-state index in [0.29, 0.717) is 17.5 Å². The van der Waals surface area contributed by atoms with Gasteiger partial charge in [-0.2, -0.15) is 0 Å². The molecular formula is C51H30N4O2. The molecule has 0 radical (unpaired) electrons. The van der Waals surface area contributed by atoms with Crippen LogP contribution in [0.15, 0.2) is 191 Å².